The summed E-state index contributed by atoms with van der Waals surface area (Å²) >= 11 is 6.02. The van der Waals surface area contributed by atoms with Crippen LogP contribution in [-0.2, 0) is 19.6 Å². The van der Waals surface area contributed by atoms with E-state index < -0.39 is 0 Å². The van der Waals surface area contributed by atoms with Gasteiger partial charge in [-0.15, -0.1) is 5.10 Å². The van der Waals surface area contributed by atoms with Gasteiger partial charge >= 0.3 is 0 Å². The van der Waals surface area contributed by atoms with Crippen molar-refractivity contribution >= 4 is 23.8 Å². The minimum absolute atomic E-state index is 0.298. The Kier molecular flexibility index (Phi) is 7.30. The van der Waals surface area contributed by atoms with Gasteiger partial charge in [-0.1, -0.05) is 35.0 Å². The number of unbranched alkanes of at least 4 members (excludes halogenated alkanes) is 1. The van der Waals surface area contributed by atoms with Crippen molar-refractivity contribution in [1.82, 2.24) is 20.0 Å². The smallest absolute Gasteiger partial charge is 0.218 e. The van der Waals surface area contributed by atoms with Gasteiger partial charge in [0.15, 0.2) is 0 Å². The number of nitrogens with zero attached hydrogens (tertiary/aromatic N) is 4. The fraction of sp³-hybridized carbons (Fsp3) is 0.208. The molecule has 0 N–H and O–H groups in total. The van der Waals surface area contributed by atoms with Gasteiger partial charge in [-0.2, -0.15) is 0 Å². The van der Waals surface area contributed by atoms with Crippen LogP contribution < -0.4 is 4.74 Å². The van der Waals surface area contributed by atoms with Crippen LogP contribution in [0, 0.1) is 5.82 Å². The van der Waals surface area contributed by atoms with Crippen LogP contribution in [0.15, 0.2) is 65.5 Å². The van der Waals surface area contributed by atoms with Crippen LogP contribution in [0.5, 0.6) is 5.75 Å². The molecular formula is C24H22ClFN4O2. The van der Waals surface area contributed by atoms with E-state index in [9.17, 15) is 4.39 Å². The van der Waals surface area contributed by atoms with Gasteiger partial charge in [0.05, 0.1) is 11.2 Å². The SMILES string of the molecule is Fc1ccc(/C=C/c2nc(COc3ccc(CCCCn4ccnn4)cc3)co2)c(Cl)c1. The van der Waals surface area contributed by atoms with Crippen molar-refractivity contribution in [3.8, 4) is 5.75 Å². The summed E-state index contributed by atoms with van der Waals surface area (Å²) in [7, 11) is 0. The Balaban J connectivity index is 1.22. The molecule has 0 aliphatic carbocycles. The van der Waals surface area contributed by atoms with Crippen LogP contribution in [-0.4, -0.2) is 20.0 Å². The summed E-state index contributed by atoms with van der Waals surface area (Å²) in [6, 6.07) is 12.3. The molecule has 0 saturated heterocycles. The molecule has 2 heterocycles. The van der Waals surface area contributed by atoms with Crippen molar-refractivity contribution < 1.29 is 13.5 Å². The number of hydrogen-bond acceptors (Lipinski definition) is 5. The molecule has 0 spiro atoms. The molecule has 0 unspecified atom stereocenters. The molecule has 8 heteroatoms. The van der Waals surface area contributed by atoms with E-state index in [1.807, 2.05) is 23.0 Å². The fourth-order valence-electron chi connectivity index (χ4n) is 3.13. The van der Waals surface area contributed by atoms with Crippen LogP contribution in [0.2, 0.25) is 5.02 Å². The second kappa shape index (κ2) is 10.7. The van der Waals surface area contributed by atoms with Gasteiger partial charge in [0.25, 0.3) is 0 Å². The molecule has 4 aromatic rings. The maximum Gasteiger partial charge on any atom is 0.218 e. The first-order chi connectivity index (χ1) is 15.7. The number of rotatable bonds is 10. The highest BCUT2D eigenvalue weighted by atomic mass is 35.5. The normalized spacial score (nSPS) is 11.3. The van der Waals surface area contributed by atoms with Crippen LogP contribution in [0.4, 0.5) is 4.39 Å². The van der Waals surface area contributed by atoms with Gasteiger partial charge in [0.1, 0.15) is 30.1 Å². The Hall–Kier alpha value is -3.45. The molecule has 4 rings (SSSR count). The standard InChI is InChI=1S/C24H22ClFN4O2/c25-23-15-20(26)8-6-19(23)7-11-24-28-21(17-32-24)16-31-22-9-4-18(5-10-22)3-1-2-13-30-14-12-27-29-30/h4-12,14-15,17H,1-3,13,16H2/b11-7+. The highest BCUT2D eigenvalue weighted by Gasteiger charge is 2.04. The number of hydrogen-bond donors (Lipinski definition) is 0. The molecule has 2 aromatic carbocycles. The van der Waals surface area contributed by atoms with Crippen molar-refractivity contribution in [2.75, 3.05) is 0 Å². The lowest BCUT2D eigenvalue weighted by Crippen LogP contribution is -1.99. The summed E-state index contributed by atoms with van der Waals surface area (Å²) in [5.41, 5.74) is 2.62. The molecule has 0 saturated carbocycles. The zero-order chi connectivity index (χ0) is 22.2. The van der Waals surface area contributed by atoms with Gasteiger partial charge in [-0.05, 0) is 60.7 Å². The fourth-order valence-corrected chi connectivity index (χ4v) is 3.36. The zero-order valence-electron chi connectivity index (χ0n) is 17.3. The van der Waals surface area contributed by atoms with Gasteiger partial charge in [0.2, 0.25) is 5.89 Å². The summed E-state index contributed by atoms with van der Waals surface area (Å²) in [5, 5.41) is 8.10. The average Bonchev–Trinajstić information content (AvgIpc) is 3.48. The van der Waals surface area contributed by atoms with E-state index in [0.717, 1.165) is 31.6 Å². The van der Waals surface area contributed by atoms with E-state index in [1.165, 1.54) is 17.7 Å². The van der Waals surface area contributed by atoms with Crippen molar-refractivity contribution in [3.05, 3.63) is 94.7 Å². The summed E-state index contributed by atoms with van der Waals surface area (Å²) in [4.78, 5) is 4.37. The highest BCUT2D eigenvalue weighted by Crippen LogP contribution is 2.20. The van der Waals surface area contributed by atoms with Gasteiger partial charge < -0.3 is 9.15 Å². The Morgan fingerprint density at radius 3 is 2.75 bits per heavy atom. The second-order valence-corrected chi connectivity index (χ2v) is 7.64. The summed E-state index contributed by atoms with van der Waals surface area (Å²) in [5.74, 6) is 0.818. The van der Waals surface area contributed by atoms with E-state index in [-0.39, 0.29) is 5.82 Å². The molecule has 164 valence electrons. The molecule has 2 aromatic heterocycles. The molecule has 6 nitrogen and oxygen atoms in total. The van der Waals surface area contributed by atoms with Crippen LogP contribution >= 0.6 is 11.6 Å². The van der Waals surface area contributed by atoms with Crippen molar-refractivity contribution in [2.45, 2.75) is 32.4 Å². The third-order valence-electron chi connectivity index (χ3n) is 4.82. The zero-order valence-corrected chi connectivity index (χ0v) is 18.1. The molecular weight excluding hydrogens is 431 g/mol. The van der Waals surface area contributed by atoms with Crippen molar-refractivity contribution in [2.24, 2.45) is 0 Å². The van der Waals surface area contributed by atoms with Crippen LogP contribution in [0.3, 0.4) is 0 Å². The molecule has 0 radical (unpaired) electrons. The average molecular weight is 453 g/mol. The molecule has 0 fully saturated rings. The summed E-state index contributed by atoms with van der Waals surface area (Å²) in [6.45, 7) is 1.18. The van der Waals surface area contributed by atoms with Gasteiger partial charge in [0, 0.05) is 18.8 Å². The first-order valence-corrected chi connectivity index (χ1v) is 10.7. The molecule has 0 amide bonds. The largest absolute Gasteiger partial charge is 0.487 e. The number of aryl methyl sites for hydroxylation is 2. The quantitative estimate of drug-likeness (QED) is 0.283. The highest BCUT2D eigenvalue weighted by molar-refractivity contribution is 6.32. The monoisotopic (exact) mass is 452 g/mol. The van der Waals surface area contributed by atoms with Crippen LogP contribution in [0.1, 0.15) is 35.6 Å². The van der Waals surface area contributed by atoms with E-state index in [2.05, 4.69) is 27.4 Å². The third kappa shape index (κ3) is 6.28. The number of halogens is 2. The van der Waals surface area contributed by atoms with E-state index in [1.54, 1.807) is 30.7 Å². The predicted molar refractivity (Wildman–Crippen MR) is 121 cm³/mol. The molecule has 0 atom stereocenters. The molecule has 0 aliphatic rings. The lowest BCUT2D eigenvalue weighted by Gasteiger charge is -2.06. The van der Waals surface area contributed by atoms with E-state index in [0.29, 0.717) is 28.8 Å². The molecule has 32 heavy (non-hydrogen) atoms. The van der Waals surface area contributed by atoms with Crippen molar-refractivity contribution in [3.63, 3.8) is 0 Å². The maximum atomic E-state index is 13.1. The Morgan fingerprint density at radius 2 is 1.97 bits per heavy atom. The Bertz CT molecular complexity index is 1160. The lowest BCUT2D eigenvalue weighted by atomic mass is 10.1. The second-order valence-electron chi connectivity index (χ2n) is 7.23. The summed E-state index contributed by atoms with van der Waals surface area (Å²) in [6.07, 6.45) is 11.7. The first-order valence-electron chi connectivity index (χ1n) is 10.3. The Morgan fingerprint density at radius 1 is 1.09 bits per heavy atom. The Labute approximate surface area is 190 Å². The number of aromatic nitrogens is 4. The number of benzene rings is 2. The van der Waals surface area contributed by atoms with Gasteiger partial charge in [-0.3, -0.25) is 4.68 Å². The molecule has 0 bridgehead atoms. The minimum Gasteiger partial charge on any atom is -0.487 e. The number of oxazole rings is 1. The van der Waals surface area contributed by atoms with E-state index in [4.69, 9.17) is 20.8 Å². The molecule has 0 aliphatic heterocycles. The topological polar surface area (TPSA) is 66.0 Å². The van der Waals surface area contributed by atoms with Crippen LogP contribution in [0.25, 0.3) is 12.2 Å². The first kappa shape index (κ1) is 21.8. The third-order valence-corrected chi connectivity index (χ3v) is 5.15. The van der Waals surface area contributed by atoms with E-state index >= 15 is 0 Å². The number of ether oxygens (including phenoxy) is 1. The minimum atomic E-state index is -0.376. The van der Waals surface area contributed by atoms with Gasteiger partial charge in [-0.25, -0.2) is 9.37 Å². The van der Waals surface area contributed by atoms with Crippen molar-refractivity contribution in [1.29, 1.82) is 0 Å². The summed E-state index contributed by atoms with van der Waals surface area (Å²) < 4.78 is 26.2. The lowest BCUT2D eigenvalue weighted by molar-refractivity contribution is 0.301. The predicted octanol–water partition coefficient (Wildman–Crippen LogP) is 5.83. The maximum absolute atomic E-state index is 13.1.